The molecule has 1 atom stereocenters. The fourth-order valence-corrected chi connectivity index (χ4v) is 4.29. The number of rotatable bonds is 3. The van der Waals surface area contributed by atoms with Crippen LogP contribution in [0, 0.1) is 13.8 Å². The van der Waals surface area contributed by atoms with Crippen molar-refractivity contribution in [1.82, 2.24) is 5.32 Å². The lowest BCUT2D eigenvalue weighted by molar-refractivity contribution is 0.0916. The maximum absolute atomic E-state index is 13.2. The molecule has 5 rings (SSSR count). The third kappa shape index (κ3) is 3.24. The Bertz CT molecular complexity index is 1280. The number of amides is 3. The van der Waals surface area contributed by atoms with Gasteiger partial charge in [-0.15, -0.1) is 0 Å². The van der Waals surface area contributed by atoms with Crippen molar-refractivity contribution in [3.63, 3.8) is 0 Å². The molecule has 0 saturated carbocycles. The summed E-state index contributed by atoms with van der Waals surface area (Å²) in [6.45, 7) is 4.30. The Hall–Kier alpha value is -3.93. The molecule has 3 amide bonds. The van der Waals surface area contributed by atoms with Gasteiger partial charge in [-0.1, -0.05) is 30.3 Å². The Morgan fingerprint density at radius 1 is 0.969 bits per heavy atom. The molecule has 0 aromatic heterocycles. The van der Waals surface area contributed by atoms with Gasteiger partial charge in [0, 0.05) is 17.5 Å². The Labute approximate surface area is 185 Å². The van der Waals surface area contributed by atoms with Crippen LogP contribution in [0.1, 0.15) is 60.2 Å². The zero-order chi connectivity index (χ0) is 22.4. The van der Waals surface area contributed by atoms with E-state index in [4.69, 9.17) is 4.74 Å². The van der Waals surface area contributed by atoms with E-state index in [9.17, 15) is 14.4 Å². The van der Waals surface area contributed by atoms with Gasteiger partial charge in [-0.25, -0.2) is 4.90 Å². The molecular weight excluding hydrogens is 404 g/mol. The highest BCUT2D eigenvalue weighted by Crippen LogP contribution is 2.33. The Kier molecular flexibility index (Phi) is 4.78. The van der Waals surface area contributed by atoms with Gasteiger partial charge >= 0.3 is 0 Å². The summed E-state index contributed by atoms with van der Waals surface area (Å²) in [7, 11) is 0. The zero-order valence-electron chi connectivity index (χ0n) is 17.8. The maximum Gasteiger partial charge on any atom is 0.266 e. The normalized spacial score (nSPS) is 16.9. The molecule has 1 N–H and O–H groups in total. The van der Waals surface area contributed by atoms with E-state index in [0.29, 0.717) is 29.8 Å². The first-order valence-corrected chi connectivity index (χ1v) is 10.6. The molecule has 160 valence electrons. The smallest absolute Gasteiger partial charge is 0.266 e. The molecule has 0 saturated heterocycles. The summed E-state index contributed by atoms with van der Waals surface area (Å²) in [5, 5.41) is 3.04. The predicted molar refractivity (Wildman–Crippen MR) is 120 cm³/mol. The van der Waals surface area contributed by atoms with Crippen LogP contribution < -0.4 is 15.0 Å². The standard InChI is InChI=1S/C26H22N2O4/c1-15-7-8-16(2)22(13-15)28-25(30)18-10-9-17(14-20(18)26(28)31)24(29)27-21-11-12-32-23-6-4-3-5-19(21)23/h3-10,13-14,21H,11-12H2,1-2H3,(H,27,29). The molecule has 1 unspecified atom stereocenters. The zero-order valence-corrected chi connectivity index (χ0v) is 17.8. The van der Waals surface area contributed by atoms with Crippen LogP contribution in [0.15, 0.2) is 60.7 Å². The minimum atomic E-state index is -0.412. The molecule has 3 aromatic rings. The second-order valence-corrected chi connectivity index (χ2v) is 8.20. The van der Waals surface area contributed by atoms with Crippen LogP contribution in [0.2, 0.25) is 0 Å². The lowest BCUT2D eigenvalue weighted by Crippen LogP contribution is -2.32. The minimum absolute atomic E-state index is 0.176. The van der Waals surface area contributed by atoms with E-state index >= 15 is 0 Å². The van der Waals surface area contributed by atoms with Crippen LogP contribution in [-0.2, 0) is 0 Å². The molecule has 6 nitrogen and oxygen atoms in total. The van der Waals surface area contributed by atoms with E-state index in [-0.39, 0.29) is 23.4 Å². The van der Waals surface area contributed by atoms with Gasteiger partial charge in [0.25, 0.3) is 17.7 Å². The number of aryl methyl sites for hydroxylation is 2. The van der Waals surface area contributed by atoms with Crippen molar-refractivity contribution < 1.29 is 19.1 Å². The van der Waals surface area contributed by atoms with Crippen molar-refractivity contribution >= 4 is 23.4 Å². The number of carbonyl (C=O) groups excluding carboxylic acids is 3. The third-order valence-corrected chi connectivity index (χ3v) is 6.02. The van der Waals surface area contributed by atoms with E-state index in [1.54, 1.807) is 12.1 Å². The molecule has 3 aromatic carbocycles. The van der Waals surface area contributed by atoms with Crippen molar-refractivity contribution in [2.75, 3.05) is 11.5 Å². The Morgan fingerprint density at radius 2 is 1.75 bits per heavy atom. The molecule has 2 heterocycles. The van der Waals surface area contributed by atoms with Crippen LogP contribution in [0.25, 0.3) is 0 Å². The fraction of sp³-hybridized carbons (Fsp3) is 0.192. The number of nitrogens with zero attached hydrogens (tertiary/aromatic N) is 1. The van der Waals surface area contributed by atoms with Gasteiger partial charge in [0.1, 0.15) is 5.75 Å². The predicted octanol–water partition coefficient (Wildman–Crippen LogP) is 4.36. The third-order valence-electron chi connectivity index (χ3n) is 6.02. The first-order valence-electron chi connectivity index (χ1n) is 10.6. The van der Waals surface area contributed by atoms with E-state index < -0.39 is 5.91 Å². The Morgan fingerprint density at radius 3 is 2.59 bits per heavy atom. The summed E-state index contributed by atoms with van der Waals surface area (Å²) >= 11 is 0. The number of fused-ring (bicyclic) bond motifs is 2. The summed E-state index contributed by atoms with van der Waals surface area (Å²) < 4.78 is 5.66. The van der Waals surface area contributed by atoms with Crippen LogP contribution in [0.5, 0.6) is 5.75 Å². The van der Waals surface area contributed by atoms with Gasteiger partial charge in [-0.05, 0) is 55.3 Å². The van der Waals surface area contributed by atoms with E-state index in [1.807, 2.05) is 56.3 Å². The quantitative estimate of drug-likeness (QED) is 0.632. The van der Waals surface area contributed by atoms with Crippen LogP contribution >= 0.6 is 0 Å². The lowest BCUT2D eigenvalue weighted by atomic mass is 9.99. The number of hydrogen-bond acceptors (Lipinski definition) is 4. The number of benzene rings is 3. The molecule has 0 spiro atoms. The molecule has 0 fully saturated rings. The minimum Gasteiger partial charge on any atom is -0.493 e. The molecule has 0 aliphatic carbocycles. The monoisotopic (exact) mass is 426 g/mol. The highest BCUT2D eigenvalue weighted by Gasteiger charge is 2.38. The topological polar surface area (TPSA) is 75.7 Å². The summed E-state index contributed by atoms with van der Waals surface area (Å²) in [4.78, 5) is 40.4. The first kappa shape index (κ1) is 20.0. The van der Waals surface area contributed by atoms with E-state index in [1.165, 1.54) is 11.0 Å². The Balaban J connectivity index is 1.43. The number of carbonyl (C=O) groups is 3. The van der Waals surface area contributed by atoms with E-state index in [0.717, 1.165) is 22.4 Å². The average molecular weight is 426 g/mol. The van der Waals surface area contributed by atoms with Gasteiger partial charge in [0.05, 0.1) is 29.5 Å². The second-order valence-electron chi connectivity index (χ2n) is 8.20. The average Bonchev–Trinajstić information content (AvgIpc) is 3.05. The van der Waals surface area contributed by atoms with E-state index in [2.05, 4.69) is 5.32 Å². The molecule has 32 heavy (non-hydrogen) atoms. The SMILES string of the molecule is Cc1ccc(C)c(N2C(=O)c3ccc(C(=O)NC4CCOc5ccccc54)cc3C2=O)c1. The number of imide groups is 1. The summed E-state index contributed by atoms with van der Waals surface area (Å²) in [5.74, 6) is -0.309. The molecule has 6 heteroatoms. The summed E-state index contributed by atoms with van der Waals surface area (Å²) in [6.07, 6.45) is 0.658. The van der Waals surface area contributed by atoms with Crippen molar-refractivity contribution in [1.29, 1.82) is 0 Å². The number of nitrogens with one attached hydrogen (secondary N) is 1. The summed E-state index contributed by atoms with van der Waals surface area (Å²) in [6, 6.07) is 17.8. The van der Waals surface area contributed by atoms with Crippen molar-refractivity contribution in [2.45, 2.75) is 26.3 Å². The van der Waals surface area contributed by atoms with Crippen molar-refractivity contribution in [3.8, 4) is 5.75 Å². The van der Waals surface area contributed by atoms with Crippen LogP contribution in [0.4, 0.5) is 5.69 Å². The fourth-order valence-electron chi connectivity index (χ4n) is 4.29. The van der Waals surface area contributed by atoms with Gasteiger partial charge < -0.3 is 10.1 Å². The van der Waals surface area contributed by atoms with Crippen LogP contribution in [0.3, 0.4) is 0 Å². The van der Waals surface area contributed by atoms with Crippen molar-refractivity contribution in [2.24, 2.45) is 0 Å². The van der Waals surface area contributed by atoms with Gasteiger partial charge in [0.15, 0.2) is 0 Å². The number of hydrogen-bond donors (Lipinski definition) is 1. The maximum atomic E-state index is 13.2. The molecular formula is C26H22N2O4. The second kappa shape index (κ2) is 7.64. The highest BCUT2D eigenvalue weighted by atomic mass is 16.5. The lowest BCUT2D eigenvalue weighted by Gasteiger charge is -2.26. The molecule has 2 aliphatic heterocycles. The summed E-state index contributed by atoms with van der Waals surface area (Å²) in [5.41, 5.74) is 4.19. The molecule has 0 radical (unpaired) electrons. The number of ether oxygens (including phenoxy) is 1. The van der Waals surface area contributed by atoms with Gasteiger partial charge in [0.2, 0.25) is 0 Å². The first-order chi connectivity index (χ1) is 15.4. The van der Waals surface area contributed by atoms with Crippen molar-refractivity contribution in [3.05, 3.63) is 94.0 Å². The highest BCUT2D eigenvalue weighted by molar-refractivity contribution is 6.35. The molecule has 2 aliphatic rings. The van der Waals surface area contributed by atoms with Crippen LogP contribution in [-0.4, -0.2) is 24.3 Å². The largest absolute Gasteiger partial charge is 0.493 e. The number of anilines is 1. The number of para-hydroxylation sites is 1. The van der Waals surface area contributed by atoms with Gasteiger partial charge in [-0.3, -0.25) is 14.4 Å². The molecule has 0 bridgehead atoms. The van der Waals surface area contributed by atoms with Gasteiger partial charge in [-0.2, -0.15) is 0 Å².